The lowest BCUT2D eigenvalue weighted by atomic mass is 10.0. The Morgan fingerprint density at radius 3 is 2.64 bits per heavy atom. The van der Waals surface area contributed by atoms with Gasteiger partial charge in [0.2, 0.25) is 10.0 Å². The first kappa shape index (κ1) is 24.0. The van der Waals surface area contributed by atoms with Crippen LogP contribution in [0.1, 0.15) is 11.3 Å². The van der Waals surface area contributed by atoms with Crippen LogP contribution in [0.2, 0.25) is 0 Å². The molecule has 0 aliphatic heterocycles. The maximum Gasteiger partial charge on any atom is 0.404 e. The van der Waals surface area contributed by atoms with Gasteiger partial charge in [0.1, 0.15) is 5.83 Å². The van der Waals surface area contributed by atoms with Gasteiger partial charge in [-0.25, -0.2) is 21.9 Å². The van der Waals surface area contributed by atoms with Gasteiger partial charge in [-0.1, -0.05) is 12.1 Å². The third-order valence-electron chi connectivity index (χ3n) is 5.24. The summed E-state index contributed by atoms with van der Waals surface area (Å²) in [6.45, 7) is 1.47. The minimum absolute atomic E-state index is 0.118. The van der Waals surface area contributed by atoms with Crippen LogP contribution in [0.15, 0.2) is 59.3 Å². The van der Waals surface area contributed by atoms with E-state index in [0.29, 0.717) is 33.3 Å². The van der Waals surface area contributed by atoms with Gasteiger partial charge < -0.3 is 15.0 Å². The molecule has 2 aromatic carbocycles. The van der Waals surface area contributed by atoms with E-state index < -0.39 is 21.9 Å². The number of hydrogen-bond acceptors (Lipinski definition) is 4. The molecule has 10 heteroatoms. The fraction of sp³-hybridized carbons (Fsp3) is 0.217. The zero-order valence-electron chi connectivity index (χ0n) is 18.3. The van der Waals surface area contributed by atoms with E-state index in [1.807, 2.05) is 0 Å². The lowest BCUT2D eigenvalue weighted by Crippen LogP contribution is -2.22. The Morgan fingerprint density at radius 2 is 2.00 bits per heavy atom. The van der Waals surface area contributed by atoms with Crippen molar-refractivity contribution in [2.24, 2.45) is 0 Å². The van der Waals surface area contributed by atoms with Gasteiger partial charge in [0.15, 0.2) is 0 Å². The van der Waals surface area contributed by atoms with Crippen LogP contribution in [-0.4, -0.2) is 49.1 Å². The van der Waals surface area contributed by atoms with Crippen molar-refractivity contribution < 1.29 is 22.7 Å². The molecule has 0 saturated heterocycles. The minimum Gasteiger partial charge on any atom is -0.465 e. The second-order valence-electron chi connectivity index (χ2n) is 7.54. The van der Waals surface area contributed by atoms with Gasteiger partial charge in [-0.3, -0.25) is 0 Å². The Bertz CT molecular complexity index is 1400. The molecule has 1 aromatic heterocycles. The number of halogens is 1. The highest BCUT2D eigenvalue weighted by atomic mass is 32.2. The number of allylic oxidation sites excluding steroid dienone is 1. The largest absolute Gasteiger partial charge is 0.465 e. The molecule has 0 bridgehead atoms. The van der Waals surface area contributed by atoms with Crippen LogP contribution in [-0.2, 0) is 16.6 Å². The number of rotatable bonds is 7. The average Bonchev–Trinajstić information content (AvgIpc) is 3.03. The molecular weight excluding hydrogens is 447 g/mol. The molecule has 8 nitrogen and oxygen atoms in total. The number of nitrogens with one attached hydrogen (secondary N) is 1. The predicted molar refractivity (Wildman–Crippen MR) is 123 cm³/mol. The average molecular weight is 471 g/mol. The number of sulfonamides is 1. The molecule has 0 aliphatic rings. The molecule has 0 saturated carbocycles. The minimum atomic E-state index is -3.67. The zero-order valence-corrected chi connectivity index (χ0v) is 19.1. The molecule has 1 heterocycles. The molecule has 2 N–H and O–H groups in total. The molecule has 172 valence electrons. The first-order chi connectivity index (χ1) is 15.6. The van der Waals surface area contributed by atoms with Crippen molar-refractivity contribution in [2.75, 3.05) is 20.6 Å². The Hall–Kier alpha value is -3.68. The third kappa shape index (κ3) is 4.89. The van der Waals surface area contributed by atoms with Crippen molar-refractivity contribution in [3.05, 3.63) is 65.6 Å². The van der Waals surface area contributed by atoms with Gasteiger partial charge in [-0.2, -0.15) is 5.26 Å². The molecule has 0 aliphatic carbocycles. The number of hydrogen-bond donors (Lipinski definition) is 2. The summed E-state index contributed by atoms with van der Waals surface area (Å²) in [4.78, 5) is 10.7. The summed E-state index contributed by atoms with van der Waals surface area (Å²) in [7, 11) is -0.764. The highest BCUT2D eigenvalue weighted by Crippen LogP contribution is 2.36. The topological polar surface area (TPSA) is 115 Å². The highest BCUT2D eigenvalue weighted by Gasteiger charge is 2.21. The molecule has 0 unspecified atom stereocenters. The third-order valence-corrected chi connectivity index (χ3v) is 7.05. The first-order valence-electron chi connectivity index (χ1n) is 9.93. The van der Waals surface area contributed by atoms with E-state index in [2.05, 4.69) is 11.4 Å². The van der Waals surface area contributed by atoms with E-state index in [-0.39, 0.29) is 18.0 Å². The maximum absolute atomic E-state index is 14.6. The number of carbonyl (C=O) groups is 1. The zero-order chi connectivity index (χ0) is 24.3. The van der Waals surface area contributed by atoms with Crippen molar-refractivity contribution in [1.29, 1.82) is 5.26 Å². The number of carboxylic acid groups (broad SMARTS) is 1. The second kappa shape index (κ2) is 9.44. The Morgan fingerprint density at radius 1 is 1.27 bits per heavy atom. The molecule has 0 fully saturated rings. The van der Waals surface area contributed by atoms with E-state index in [1.54, 1.807) is 47.9 Å². The van der Waals surface area contributed by atoms with Crippen LogP contribution in [0.25, 0.3) is 22.0 Å². The van der Waals surface area contributed by atoms with E-state index >= 15 is 0 Å². The van der Waals surface area contributed by atoms with Gasteiger partial charge in [0, 0.05) is 42.8 Å². The normalized spacial score (nSPS) is 12.2. The van der Waals surface area contributed by atoms with Gasteiger partial charge in [0.05, 0.1) is 23.1 Å². The van der Waals surface area contributed by atoms with Crippen molar-refractivity contribution in [3.8, 4) is 17.2 Å². The van der Waals surface area contributed by atoms with Gasteiger partial charge in [-0.15, -0.1) is 0 Å². The van der Waals surface area contributed by atoms with Crippen LogP contribution < -0.4 is 5.32 Å². The summed E-state index contributed by atoms with van der Waals surface area (Å²) in [6, 6.07) is 13.6. The van der Waals surface area contributed by atoms with E-state index in [0.717, 1.165) is 10.4 Å². The molecule has 0 radical (unpaired) electrons. The molecule has 0 atom stereocenters. The number of nitriles is 1. The van der Waals surface area contributed by atoms with Crippen molar-refractivity contribution in [1.82, 2.24) is 14.2 Å². The van der Waals surface area contributed by atoms with Crippen LogP contribution in [0.5, 0.6) is 0 Å². The maximum atomic E-state index is 14.6. The number of benzene rings is 2. The van der Waals surface area contributed by atoms with Gasteiger partial charge in [0.25, 0.3) is 0 Å². The summed E-state index contributed by atoms with van der Waals surface area (Å²) in [6.07, 6.45) is -0.104. The number of aromatic nitrogens is 1. The monoisotopic (exact) mass is 470 g/mol. The predicted octanol–water partition coefficient (Wildman–Crippen LogP) is 3.86. The first-order valence-corrected chi connectivity index (χ1v) is 11.4. The molecule has 3 rings (SSSR count). The fourth-order valence-electron chi connectivity index (χ4n) is 3.61. The summed E-state index contributed by atoms with van der Waals surface area (Å²) in [5, 5.41) is 20.8. The van der Waals surface area contributed by atoms with E-state index in [1.165, 1.54) is 20.2 Å². The highest BCUT2D eigenvalue weighted by molar-refractivity contribution is 7.89. The molecular formula is C23H23FN4O4S. The van der Waals surface area contributed by atoms with Crippen LogP contribution in [0, 0.1) is 18.3 Å². The number of nitrogens with zero attached hydrogens (tertiary/aromatic N) is 3. The quantitative estimate of drug-likeness (QED) is 0.544. The van der Waals surface area contributed by atoms with Crippen molar-refractivity contribution in [2.45, 2.75) is 18.4 Å². The summed E-state index contributed by atoms with van der Waals surface area (Å²) in [5.41, 5.74) is 3.06. The molecule has 1 amide bonds. The summed E-state index contributed by atoms with van der Waals surface area (Å²) < 4.78 is 42.7. The van der Waals surface area contributed by atoms with Crippen molar-refractivity contribution in [3.63, 3.8) is 0 Å². The Balaban J connectivity index is 2.18. The fourth-order valence-corrected chi connectivity index (χ4v) is 4.56. The number of fused-ring (bicyclic) bond motifs is 1. The Labute approximate surface area is 191 Å². The smallest absolute Gasteiger partial charge is 0.404 e. The van der Waals surface area contributed by atoms with E-state index in [4.69, 9.17) is 5.11 Å². The van der Waals surface area contributed by atoms with Crippen LogP contribution in [0.4, 0.5) is 9.18 Å². The molecule has 3 aromatic rings. The Kier molecular flexibility index (Phi) is 6.86. The number of amides is 1. The lowest BCUT2D eigenvalue weighted by Gasteiger charge is -2.13. The van der Waals surface area contributed by atoms with Gasteiger partial charge >= 0.3 is 6.09 Å². The SMILES string of the molecule is Cc1c(-c2cccc(S(=O)(=O)N(C)C)c2)c2cc(C#N)ccc2n1CC(F)=CCNC(=O)O. The summed E-state index contributed by atoms with van der Waals surface area (Å²) in [5.74, 6) is -0.538. The molecule has 0 spiro atoms. The summed E-state index contributed by atoms with van der Waals surface area (Å²) >= 11 is 0. The van der Waals surface area contributed by atoms with Crippen LogP contribution in [0.3, 0.4) is 0 Å². The molecule has 33 heavy (non-hydrogen) atoms. The standard InChI is InChI=1S/C23H23FN4O4S/c1-15-22(17-5-4-6-19(12-17)33(31,32)27(2)3)20-11-16(13-25)7-8-21(20)28(15)14-18(24)9-10-26-23(29)30/h4-9,11-12,26H,10,14H2,1-3H3,(H,29,30). The lowest BCUT2D eigenvalue weighted by molar-refractivity contribution is 0.195. The van der Waals surface area contributed by atoms with Gasteiger partial charge in [-0.05, 0) is 48.9 Å². The second-order valence-corrected chi connectivity index (χ2v) is 9.69. The van der Waals surface area contributed by atoms with Crippen LogP contribution >= 0.6 is 0 Å². The van der Waals surface area contributed by atoms with E-state index in [9.17, 15) is 22.9 Å². The van der Waals surface area contributed by atoms with Crippen molar-refractivity contribution >= 4 is 27.0 Å².